The van der Waals surface area contributed by atoms with Crippen molar-refractivity contribution >= 4 is 22.9 Å². The first kappa shape index (κ1) is 21.4. The summed E-state index contributed by atoms with van der Waals surface area (Å²) in [6, 6.07) is 15.6. The Morgan fingerprint density at radius 3 is 2.43 bits per heavy atom. The number of nitrogens with one attached hydrogen (secondary N) is 1. The van der Waals surface area contributed by atoms with Gasteiger partial charge in [-0.1, -0.05) is 38.1 Å². The van der Waals surface area contributed by atoms with Gasteiger partial charge in [0.25, 0.3) is 5.91 Å². The van der Waals surface area contributed by atoms with Crippen molar-refractivity contribution in [3.63, 3.8) is 0 Å². The van der Waals surface area contributed by atoms with Crippen LogP contribution in [0.25, 0.3) is 10.8 Å². The third-order valence-corrected chi connectivity index (χ3v) is 5.00. The predicted octanol–water partition coefficient (Wildman–Crippen LogP) is 5.44. The Balaban J connectivity index is 1.84. The van der Waals surface area contributed by atoms with E-state index >= 15 is 0 Å². The first-order valence-electron chi connectivity index (χ1n) is 10.1. The van der Waals surface area contributed by atoms with Gasteiger partial charge in [0.1, 0.15) is 11.5 Å². The summed E-state index contributed by atoms with van der Waals surface area (Å²) in [6.07, 6.45) is 1.67. The van der Waals surface area contributed by atoms with Crippen LogP contribution >= 0.6 is 0 Å². The van der Waals surface area contributed by atoms with E-state index in [9.17, 15) is 4.79 Å². The molecule has 30 heavy (non-hydrogen) atoms. The summed E-state index contributed by atoms with van der Waals surface area (Å²) in [5.74, 6) is 1.41. The Labute approximate surface area is 177 Å². The first-order chi connectivity index (χ1) is 14.4. The molecule has 0 heterocycles. The molecule has 156 valence electrons. The fraction of sp³-hybridized carbons (Fsp3) is 0.280. The third-order valence-electron chi connectivity index (χ3n) is 5.00. The van der Waals surface area contributed by atoms with Crippen molar-refractivity contribution in [2.75, 3.05) is 13.7 Å². The summed E-state index contributed by atoms with van der Waals surface area (Å²) in [6.45, 7) is 8.85. The van der Waals surface area contributed by atoms with Crippen LogP contribution in [0.5, 0.6) is 11.5 Å². The molecule has 1 amide bonds. The fourth-order valence-electron chi connectivity index (χ4n) is 3.37. The quantitative estimate of drug-likeness (QED) is 0.421. The second kappa shape index (κ2) is 9.44. The van der Waals surface area contributed by atoms with Crippen LogP contribution in [-0.2, 0) is 0 Å². The number of nitrogens with zero attached hydrogens (tertiary/aromatic N) is 1. The summed E-state index contributed by atoms with van der Waals surface area (Å²) in [5.41, 5.74) is 6.15. The molecule has 0 fully saturated rings. The van der Waals surface area contributed by atoms with Gasteiger partial charge in [0, 0.05) is 0 Å². The van der Waals surface area contributed by atoms with E-state index in [1.165, 1.54) is 0 Å². The minimum absolute atomic E-state index is 0.316. The van der Waals surface area contributed by atoms with Gasteiger partial charge in [0.05, 0.1) is 25.5 Å². The molecule has 3 aromatic carbocycles. The van der Waals surface area contributed by atoms with Gasteiger partial charge in [-0.05, 0) is 71.5 Å². The van der Waals surface area contributed by atoms with Crippen LogP contribution in [0.2, 0.25) is 0 Å². The number of carbonyl (C=O) groups excluding carboxylic acids is 1. The summed E-state index contributed by atoms with van der Waals surface area (Å²) in [5, 5.41) is 6.17. The molecule has 3 aromatic rings. The van der Waals surface area contributed by atoms with E-state index in [4.69, 9.17) is 9.47 Å². The molecule has 5 nitrogen and oxygen atoms in total. The molecule has 0 aliphatic heterocycles. The normalized spacial score (nSPS) is 11.3. The highest BCUT2D eigenvalue weighted by Gasteiger charge is 2.14. The number of hydrogen-bond acceptors (Lipinski definition) is 4. The molecule has 0 aliphatic carbocycles. The minimum atomic E-state index is -0.318. The molecule has 0 atom stereocenters. The molecule has 0 bridgehead atoms. The maximum absolute atomic E-state index is 12.7. The van der Waals surface area contributed by atoms with Gasteiger partial charge in [-0.3, -0.25) is 4.79 Å². The molecule has 1 N–H and O–H groups in total. The smallest absolute Gasteiger partial charge is 0.275 e. The average Bonchev–Trinajstić information content (AvgIpc) is 2.74. The number of rotatable bonds is 7. The zero-order valence-electron chi connectivity index (χ0n) is 18.2. The number of carbonyl (C=O) groups is 1. The van der Waals surface area contributed by atoms with Crippen molar-refractivity contribution in [2.45, 2.75) is 33.6 Å². The van der Waals surface area contributed by atoms with Gasteiger partial charge in [0.2, 0.25) is 0 Å². The van der Waals surface area contributed by atoms with E-state index in [1.54, 1.807) is 13.3 Å². The number of methoxy groups -OCH3 is 1. The van der Waals surface area contributed by atoms with Crippen molar-refractivity contribution in [1.82, 2.24) is 5.43 Å². The van der Waals surface area contributed by atoms with Crippen molar-refractivity contribution in [3.05, 3.63) is 70.8 Å². The second-order valence-corrected chi connectivity index (χ2v) is 7.43. The number of amides is 1. The van der Waals surface area contributed by atoms with Crippen LogP contribution in [0.3, 0.4) is 0 Å². The van der Waals surface area contributed by atoms with Crippen molar-refractivity contribution in [2.24, 2.45) is 5.10 Å². The summed E-state index contributed by atoms with van der Waals surface area (Å²) in [4.78, 5) is 12.7. The molecule has 0 radical (unpaired) electrons. The Hall–Kier alpha value is -3.34. The summed E-state index contributed by atoms with van der Waals surface area (Å²) < 4.78 is 11.2. The van der Waals surface area contributed by atoms with Crippen LogP contribution in [0.15, 0.2) is 53.6 Å². The van der Waals surface area contributed by atoms with Crippen molar-refractivity contribution in [1.29, 1.82) is 0 Å². The van der Waals surface area contributed by atoms with Crippen LogP contribution in [0, 0.1) is 6.92 Å². The predicted molar refractivity (Wildman–Crippen MR) is 122 cm³/mol. The number of aryl methyl sites for hydroxylation is 1. The minimum Gasteiger partial charge on any atom is -0.496 e. The summed E-state index contributed by atoms with van der Waals surface area (Å²) in [7, 11) is 1.56. The topological polar surface area (TPSA) is 59.9 Å². The number of hydrazone groups is 1. The largest absolute Gasteiger partial charge is 0.496 e. The highest BCUT2D eigenvalue weighted by atomic mass is 16.5. The average molecular weight is 405 g/mol. The van der Waals surface area contributed by atoms with Gasteiger partial charge in [0.15, 0.2) is 0 Å². The lowest BCUT2D eigenvalue weighted by atomic mass is 9.97. The van der Waals surface area contributed by atoms with E-state index < -0.39 is 0 Å². The summed E-state index contributed by atoms with van der Waals surface area (Å²) >= 11 is 0. The van der Waals surface area contributed by atoms with Gasteiger partial charge < -0.3 is 9.47 Å². The number of hydrogen-bond donors (Lipinski definition) is 1. The zero-order chi connectivity index (χ0) is 21.7. The number of fused-ring (bicyclic) bond motifs is 1. The van der Waals surface area contributed by atoms with E-state index in [1.807, 2.05) is 56.3 Å². The lowest BCUT2D eigenvalue weighted by molar-refractivity contribution is 0.0952. The van der Waals surface area contributed by atoms with Crippen LogP contribution in [0.1, 0.15) is 53.7 Å². The molecular weight excluding hydrogens is 376 g/mol. The third kappa shape index (κ3) is 4.62. The van der Waals surface area contributed by atoms with Crippen molar-refractivity contribution in [3.8, 4) is 11.5 Å². The van der Waals surface area contributed by atoms with E-state index in [0.29, 0.717) is 23.8 Å². The molecule has 0 saturated carbocycles. The molecule has 0 aromatic heterocycles. The standard InChI is InChI=1S/C25H28N2O3/c1-6-30-24-11-17(4)20(13-21(24)16(2)3)15-26-27-25(28)22-12-18-9-7-8-10-19(18)14-23(22)29-5/h7-16H,6H2,1-5H3,(H,27,28)/b26-15-. The first-order valence-corrected chi connectivity index (χ1v) is 10.1. The lowest BCUT2D eigenvalue weighted by Crippen LogP contribution is -2.18. The fourth-order valence-corrected chi connectivity index (χ4v) is 3.37. The maximum atomic E-state index is 12.7. The Bertz CT molecular complexity index is 1090. The molecule has 3 rings (SSSR count). The van der Waals surface area contributed by atoms with Gasteiger partial charge in [-0.15, -0.1) is 0 Å². The molecule has 0 aliphatic rings. The molecule has 0 saturated heterocycles. The molecule has 5 heteroatoms. The Morgan fingerprint density at radius 1 is 1.10 bits per heavy atom. The highest BCUT2D eigenvalue weighted by Crippen LogP contribution is 2.29. The van der Waals surface area contributed by atoms with Gasteiger partial charge >= 0.3 is 0 Å². The maximum Gasteiger partial charge on any atom is 0.275 e. The van der Waals surface area contributed by atoms with Gasteiger partial charge in [-0.25, -0.2) is 5.43 Å². The monoisotopic (exact) mass is 404 g/mol. The van der Waals surface area contributed by atoms with E-state index in [-0.39, 0.29) is 5.91 Å². The number of ether oxygens (including phenoxy) is 2. The van der Waals surface area contributed by atoms with Crippen molar-refractivity contribution < 1.29 is 14.3 Å². The Morgan fingerprint density at radius 2 is 1.80 bits per heavy atom. The molecular formula is C25H28N2O3. The molecule has 0 spiro atoms. The highest BCUT2D eigenvalue weighted by molar-refractivity contribution is 6.02. The SMILES string of the molecule is CCOc1cc(C)c(/C=N\NC(=O)c2cc3ccccc3cc2OC)cc1C(C)C. The lowest BCUT2D eigenvalue weighted by Gasteiger charge is -2.15. The van der Waals surface area contributed by atoms with Gasteiger partial charge in [-0.2, -0.15) is 5.10 Å². The molecule has 0 unspecified atom stereocenters. The number of benzene rings is 3. The van der Waals surface area contributed by atoms with Crippen LogP contribution in [-0.4, -0.2) is 25.8 Å². The van der Waals surface area contributed by atoms with E-state index in [0.717, 1.165) is 33.2 Å². The second-order valence-electron chi connectivity index (χ2n) is 7.43. The van der Waals surface area contributed by atoms with Crippen LogP contribution in [0.4, 0.5) is 0 Å². The van der Waals surface area contributed by atoms with E-state index in [2.05, 4.69) is 30.4 Å². The zero-order valence-corrected chi connectivity index (χ0v) is 18.2. The van der Waals surface area contributed by atoms with Crippen LogP contribution < -0.4 is 14.9 Å². The Kier molecular flexibility index (Phi) is 6.72.